The standard InChI is InChI=1S/C31H37N5O7/c1-4-11-36-18-30(38)32-24-10-12-35(17-29(37)33-28-13-20(2)43-34-28)16-27(24)41-19-21-6-5-7-23(14-21)42-26-15-22(31(36)39)8-9-25(26)40-3/h5-9,13-15,24,27H,4,10-12,16-19H2,1-3H3,(H,32,38)(H,33,34,37)/t24-,27-/m0/s1. The summed E-state index contributed by atoms with van der Waals surface area (Å²) in [5, 5.41) is 9.67. The van der Waals surface area contributed by atoms with Crippen molar-refractivity contribution in [2.75, 3.05) is 45.2 Å². The first-order valence-electron chi connectivity index (χ1n) is 14.4. The van der Waals surface area contributed by atoms with E-state index < -0.39 is 6.10 Å². The molecule has 2 atom stereocenters. The first-order valence-corrected chi connectivity index (χ1v) is 14.4. The summed E-state index contributed by atoms with van der Waals surface area (Å²) in [6.07, 6.45) is 0.852. The molecule has 1 fully saturated rings. The number of nitrogens with zero attached hydrogens (tertiary/aromatic N) is 3. The van der Waals surface area contributed by atoms with Gasteiger partial charge in [0.25, 0.3) is 5.91 Å². The summed E-state index contributed by atoms with van der Waals surface area (Å²) >= 11 is 0. The van der Waals surface area contributed by atoms with E-state index in [2.05, 4.69) is 15.8 Å². The van der Waals surface area contributed by atoms with Crippen LogP contribution in [0.5, 0.6) is 17.2 Å². The maximum Gasteiger partial charge on any atom is 0.254 e. The Morgan fingerprint density at radius 1 is 1.19 bits per heavy atom. The smallest absolute Gasteiger partial charge is 0.254 e. The summed E-state index contributed by atoms with van der Waals surface area (Å²) in [5.41, 5.74) is 1.26. The van der Waals surface area contributed by atoms with Crippen LogP contribution in [0.1, 0.15) is 41.4 Å². The molecule has 0 spiro atoms. The van der Waals surface area contributed by atoms with Gasteiger partial charge in [-0.15, -0.1) is 0 Å². The van der Waals surface area contributed by atoms with Gasteiger partial charge in [0.15, 0.2) is 17.3 Å². The number of benzene rings is 2. The maximum atomic E-state index is 13.5. The molecule has 12 heteroatoms. The van der Waals surface area contributed by atoms with Crippen LogP contribution in [-0.4, -0.2) is 84.7 Å². The largest absolute Gasteiger partial charge is 0.493 e. The Morgan fingerprint density at radius 2 is 2.05 bits per heavy atom. The minimum Gasteiger partial charge on any atom is -0.493 e. The molecule has 0 aliphatic carbocycles. The van der Waals surface area contributed by atoms with E-state index in [-0.39, 0.29) is 43.5 Å². The fourth-order valence-electron chi connectivity index (χ4n) is 5.32. The molecule has 2 N–H and O–H groups in total. The number of carbonyl (C=O) groups excluding carboxylic acids is 3. The number of anilines is 1. The van der Waals surface area contributed by atoms with E-state index in [0.717, 1.165) is 5.56 Å². The second-order valence-corrected chi connectivity index (χ2v) is 10.8. The quantitative estimate of drug-likeness (QED) is 0.442. The molecule has 43 heavy (non-hydrogen) atoms. The fourth-order valence-corrected chi connectivity index (χ4v) is 5.32. The number of aromatic nitrogens is 1. The Kier molecular flexibility index (Phi) is 9.58. The molecule has 5 rings (SSSR count). The van der Waals surface area contributed by atoms with Gasteiger partial charge >= 0.3 is 0 Å². The van der Waals surface area contributed by atoms with E-state index in [4.69, 9.17) is 18.7 Å². The second-order valence-electron chi connectivity index (χ2n) is 10.8. The average molecular weight is 592 g/mol. The van der Waals surface area contributed by atoms with E-state index >= 15 is 0 Å². The summed E-state index contributed by atoms with van der Waals surface area (Å²) in [7, 11) is 1.54. The molecular formula is C31H37N5O7. The number of piperidine rings is 1. The van der Waals surface area contributed by atoms with Crippen molar-refractivity contribution in [1.29, 1.82) is 0 Å². The number of aryl methyl sites for hydroxylation is 1. The lowest BCUT2D eigenvalue weighted by Crippen LogP contribution is -2.57. The van der Waals surface area contributed by atoms with Gasteiger partial charge in [-0.05, 0) is 55.7 Å². The molecule has 0 radical (unpaired) electrons. The molecule has 3 heterocycles. The Morgan fingerprint density at radius 3 is 2.81 bits per heavy atom. The number of hydrogen-bond acceptors (Lipinski definition) is 9. The van der Waals surface area contributed by atoms with Gasteiger partial charge in [0.05, 0.1) is 39.0 Å². The third-order valence-corrected chi connectivity index (χ3v) is 7.37. The molecule has 3 amide bonds. The average Bonchev–Trinajstić information content (AvgIpc) is 3.40. The molecule has 1 saturated heterocycles. The van der Waals surface area contributed by atoms with Gasteiger partial charge in [0.1, 0.15) is 11.5 Å². The molecule has 2 aliphatic heterocycles. The molecule has 12 nitrogen and oxygen atoms in total. The van der Waals surface area contributed by atoms with Crippen LogP contribution in [0, 0.1) is 6.92 Å². The number of methoxy groups -OCH3 is 1. The van der Waals surface area contributed by atoms with Crippen LogP contribution < -0.4 is 20.1 Å². The van der Waals surface area contributed by atoms with Crippen molar-refractivity contribution in [1.82, 2.24) is 20.3 Å². The van der Waals surface area contributed by atoms with Crippen molar-refractivity contribution in [3.8, 4) is 17.2 Å². The van der Waals surface area contributed by atoms with E-state index in [1.165, 1.54) is 12.0 Å². The number of carbonyl (C=O) groups is 3. The highest BCUT2D eigenvalue weighted by Gasteiger charge is 2.33. The van der Waals surface area contributed by atoms with Gasteiger partial charge in [-0.1, -0.05) is 24.2 Å². The summed E-state index contributed by atoms with van der Waals surface area (Å²) in [4.78, 5) is 43.1. The molecule has 2 aromatic carbocycles. The van der Waals surface area contributed by atoms with E-state index in [0.29, 0.717) is 66.9 Å². The van der Waals surface area contributed by atoms with E-state index in [1.54, 1.807) is 31.2 Å². The lowest BCUT2D eigenvalue weighted by molar-refractivity contribution is -0.126. The highest BCUT2D eigenvalue weighted by Crippen LogP contribution is 2.33. The molecule has 0 unspecified atom stereocenters. The van der Waals surface area contributed by atoms with Crippen molar-refractivity contribution in [3.05, 3.63) is 65.4 Å². The van der Waals surface area contributed by atoms with Crippen LogP contribution in [0.25, 0.3) is 0 Å². The molecule has 228 valence electrons. The predicted octanol–water partition coefficient (Wildman–Crippen LogP) is 3.36. The van der Waals surface area contributed by atoms with E-state index in [1.807, 2.05) is 36.1 Å². The Bertz CT molecular complexity index is 1460. The SMILES string of the molecule is CCCN1CC(=O)N[C@H]2CCN(CC(=O)Nc3cc(C)on3)C[C@@H]2OCc2cccc(c2)Oc2cc(ccc2OC)C1=O. The number of amides is 3. The zero-order valence-corrected chi connectivity index (χ0v) is 24.6. The normalized spacial score (nSPS) is 19.7. The zero-order chi connectivity index (χ0) is 30.3. The van der Waals surface area contributed by atoms with Crippen LogP contribution in [0.2, 0.25) is 0 Å². The van der Waals surface area contributed by atoms with Gasteiger partial charge in [0.2, 0.25) is 11.8 Å². The summed E-state index contributed by atoms with van der Waals surface area (Å²) in [6.45, 7) is 5.42. The third-order valence-electron chi connectivity index (χ3n) is 7.37. The van der Waals surface area contributed by atoms with Gasteiger partial charge < -0.3 is 34.3 Å². The Hall–Kier alpha value is -4.42. The van der Waals surface area contributed by atoms with Crippen molar-refractivity contribution in [2.24, 2.45) is 0 Å². The number of likely N-dealkylation sites (tertiary alicyclic amines) is 1. The van der Waals surface area contributed by atoms with Crippen molar-refractivity contribution >= 4 is 23.5 Å². The van der Waals surface area contributed by atoms with Crippen LogP contribution in [0.4, 0.5) is 5.82 Å². The lowest BCUT2D eigenvalue weighted by Gasteiger charge is -2.38. The molecular weight excluding hydrogens is 554 g/mol. The zero-order valence-electron chi connectivity index (χ0n) is 24.6. The third kappa shape index (κ3) is 7.70. The highest BCUT2D eigenvalue weighted by atomic mass is 16.5. The van der Waals surface area contributed by atoms with Crippen LogP contribution in [0.15, 0.2) is 53.1 Å². The van der Waals surface area contributed by atoms with E-state index in [9.17, 15) is 14.4 Å². The molecule has 0 saturated carbocycles. The number of fused-ring (bicyclic) bond motifs is 5. The monoisotopic (exact) mass is 591 g/mol. The number of nitrogens with one attached hydrogen (secondary N) is 2. The number of rotatable bonds is 6. The Labute approximate surface area is 250 Å². The number of hydrogen-bond donors (Lipinski definition) is 2. The Balaban J connectivity index is 1.38. The summed E-state index contributed by atoms with van der Waals surface area (Å²) < 4.78 is 23.1. The second kappa shape index (κ2) is 13.7. The van der Waals surface area contributed by atoms with Crippen molar-refractivity contribution < 1.29 is 33.1 Å². The van der Waals surface area contributed by atoms with Crippen LogP contribution in [-0.2, 0) is 20.9 Å². The molecule has 1 aromatic heterocycles. The molecule has 2 aliphatic rings. The van der Waals surface area contributed by atoms with Gasteiger partial charge in [-0.25, -0.2) is 0 Å². The first-order chi connectivity index (χ1) is 20.8. The maximum absolute atomic E-state index is 13.5. The topological polar surface area (TPSA) is 135 Å². The molecule has 3 aromatic rings. The van der Waals surface area contributed by atoms with Gasteiger partial charge in [-0.3, -0.25) is 19.3 Å². The van der Waals surface area contributed by atoms with Gasteiger partial charge in [0, 0.05) is 31.3 Å². The minimum atomic E-state index is -0.402. The lowest BCUT2D eigenvalue weighted by atomic mass is 10.0. The van der Waals surface area contributed by atoms with Crippen molar-refractivity contribution in [3.63, 3.8) is 0 Å². The summed E-state index contributed by atoms with van der Waals surface area (Å²) in [5.74, 6) is 1.63. The van der Waals surface area contributed by atoms with Crippen molar-refractivity contribution in [2.45, 2.75) is 45.4 Å². The molecule has 4 bridgehead atoms. The van der Waals surface area contributed by atoms with Crippen LogP contribution in [0.3, 0.4) is 0 Å². The highest BCUT2D eigenvalue weighted by molar-refractivity contribution is 5.97. The first kappa shape index (κ1) is 30.1. The predicted molar refractivity (Wildman–Crippen MR) is 157 cm³/mol. The van der Waals surface area contributed by atoms with Crippen LogP contribution >= 0.6 is 0 Å². The van der Waals surface area contributed by atoms with Gasteiger partial charge in [-0.2, -0.15) is 0 Å². The summed E-state index contributed by atoms with van der Waals surface area (Å²) in [6, 6.07) is 13.8. The minimum absolute atomic E-state index is 0.0968. The fraction of sp³-hybridized carbons (Fsp3) is 0.419. The number of ether oxygens (including phenoxy) is 3.